The van der Waals surface area contributed by atoms with Crippen molar-refractivity contribution in [2.45, 2.75) is 0 Å². The molecule has 0 saturated carbocycles. The summed E-state index contributed by atoms with van der Waals surface area (Å²) in [6.45, 7) is 0. The Hall–Kier alpha value is -3.00. The molecule has 0 aliphatic rings. The highest BCUT2D eigenvalue weighted by Crippen LogP contribution is 2.32. The van der Waals surface area contributed by atoms with Gasteiger partial charge in [-0.05, 0) is 30.3 Å². The number of halogens is 1. The van der Waals surface area contributed by atoms with Crippen LogP contribution in [-0.2, 0) is 0 Å². The van der Waals surface area contributed by atoms with Crippen LogP contribution in [0.3, 0.4) is 0 Å². The molecule has 0 aliphatic carbocycles. The molecule has 0 radical (unpaired) electrons. The highest BCUT2D eigenvalue weighted by Gasteiger charge is 2.18. The van der Waals surface area contributed by atoms with Crippen LogP contribution in [0.5, 0.6) is 0 Å². The molecular weight excluding hydrogens is 382 g/mol. The molecule has 0 saturated heterocycles. The first-order chi connectivity index (χ1) is 13.4. The summed E-state index contributed by atoms with van der Waals surface area (Å²) in [7, 11) is -4.94. The number of fused-ring (bicyclic) bond motifs is 1. The lowest BCUT2D eigenvalue weighted by molar-refractivity contribution is -2.00. The summed E-state index contributed by atoms with van der Waals surface area (Å²) in [5.41, 5.74) is 4.03. The molecule has 142 valence electrons. The molecule has 6 nitrogen and oxygen atoms in total. The summed E-state index contributed by atoms with van der Waals surface area (Å²) in [5.74, 6) is 0.850. The van der Waals surface area contributed by atoms with E-state index in [9.17, 15) is 0 Å². The minimum atomic E-state index is -4.94. The van der Waals surface area contributed by atoms with Gasteiger partial charge in [-0.1, -0.05) is 48.5 Å². The Morgan fingerprint density at radius 3 is 1.86 bits per heavy atom. The molecule has 0 bridgehead atoms. The van der Waals surface area contributed by atoms with E-state index in [1.165, 1.54) is 0 Å². The monoisotopic (exact) mass is 397 g/mol. The second kappa shape index (κ2) is 8.79. The van der Waals surface area contributed by atoms with E-state index in [4.69, 9.17) is 23.1 Å². The van der Waals surface area contributed by atoms with Crippen LogP contribution in [0.15, 0.2) is 95.4 Å². The average Bonchev–Trinajstić information content (AvgIpc) is 2.68. The molecule has 7 heteroatoms. The number of hydrogen-bond donors (Lipinski definition) is 1. The maximum absolute atomic E-state index is 8.49. The SMILES string of the molecule is [O-][Cl+3]([O-])([O-])[O-].c1ccc(Nc2cc(-c3ccccc3)[o+]c3ccccc23)cc1. The molecule has 4 rings (SSSR count). The fourth-order valence-corrected chi connectivity index (χ4v) is 2.66. The van der Waals surface area contributed by atoms with Crippen molar-refractivity contribution in [1.29, 1.82) is 0 Å². The van der Waals surface area contributed by atoms with Gasteiger partial charge >= 0.3 is 11.3 Å². The Labute approximate surface area is 163 Å². The summed E-state index contributed by atoms with van der Waals surface area (Å²) < 4.78 is 40.1. The van der Waals surface area contributed by atoms with Gasteiger partial charge < -0.3 is 5.32 Å². The fraction of sp³-hybridized carbons (Fsp3) is 0. The molecule has 0 unspecified atom stereocenters. The van der Waals surface area contributed by atoms with Crippen molar-refractivity contribution >= 4 is 22.3 Å². The van der Waals surface area contributed by atoms with Crippen LogP contribution in [0.25, 0.3) is 22.3 Å². The van der Waals surface area contributed by atoms with E-state index in [2.05, 4.69) is 41.7 Å². The maximum Gasteiger partial charge on any atom is 0.362 e. The van der Waals surface area contributed by atoms with E-state index in [0.717, 1.165) is 33.7 Å². The Balaban J connectivity index is 0.000000403. The first-order valence-corrected chi connectivity index (χ1v) is 9.49. The zero-order valence-corrected chi connectivity index (χ0v) is 15.3. The molecule has 1 heterocycles. The quantitative estimate of drug-likeness (QED) is 0.522. The zero-order chi connectivity index (χ0) is 20.0. The van der Waals surface area contributed by atoms with Crippen LogP contribution in [0.2, 0.25) is 0 Å². The molecule has 0 aliphatic heterocycles. The van der Waals surface area contributed by atoms with Gasteiger partial charge in [0.05, 0.1) is 17.3 Å². The van der Waals surface area contributed by atoms with E-state index >= 15 is 0 Å². The van der Waals surface area contributed by atoms with Crippen molar-refractivity contribution in [3.63, 3.8) is 0 Å². The van der Waals surface area contributed by atoms with Gasteiger partial charge in [-0.15, -0.1) is 10.2 Å². The molecule has 4 aromatic rings. The van der Waals surface area contributed by atoms with Gasteiger partial charge in [-0.2, -0.15) is 0 Å². The number of nitrogens with one attached hydrogen (secondary N) is 1. The number of hydrogen-bond acceptors (Lipinski definition) is 5. The molecule has 0 fully saturated rings. The minimum Gasteiger partial charge on any atom is -0.354 e. The van der Waals surface area contributed by atoms with Crippen molar-refractivity contribution in [3.05, 3.63) is 91.0 Å². The van der Waals surface area contributed by atoms with E-state index in [0.29, 0.717) is 0 Å². The molecule has 1 N–H and O–H groups in total. The summed E-state index contributed by atoms with van der Waals surface area (Å²) in [6, 6.07) is 30.5. The van der Waals surface area contributed by atoms with Gasteiger partial charge in [0.2, 0.25) is 0 Å². The summed E-state index contributed by atoms with van der Waals surface area (Å²) >= 11 is 0. The van der Waals surface area contributed by atoms with Gasteiger partial charge in [-0.25, -0.2) is 23.1 Å². The van der Waals surface area contributed by atoms with Gasteiger partial charge in [0.1, 0.15) is 5.39 Å². The second-order valence-electron chi connectivity index (χ2n) is 5.76. The lowest BCUT2D eigenvalue weighted by Crippen LogP contribution is -2.68. The normalized spacial score (nSPS) is 10.9. The lowest BCUT2D eigenvalue weighted by Gasteiger charge is -2.17. The Morgan fingerprint density at radius 2 is 1.21 bits per heavy atom. The maximum atomic E-state index is 8.49. The summed E-state index contributed by atoms with van der Waals surface area (Å²) in [6.07, 6.45) is 0. The highest BCUT2D eigenvalue weighted by molar-refractivity contribution is 5.93. The third kappa shape index (κ3) is 5.75. The van der Waals surface area contributed by atoms with Gasteiger partial charge in [0.15, 0.2) is 0 Å². The molecule has 28 heavy (non-hydrogen) atoms. The van der Waals surface area contributed by atoms with Crippen molar-refractivity contribution < 1.29 is 33.3 Å². The van der Waals surface area contributed by atoms with Crippen molar-refractivity contribution in [1.82, 2.24) is 0 Å². The smallest absolute Gasteiger partial charge is 0.354 e. The van der Waals surface area contributed by atoms with Crippen molar-refractivity contribution in [3.8, 4) is 11.3 Å². The van der Waals surface area contributed by atoms with Crippen molar-refractivity contribution in [2.24, 2.45) is 0 Å². The molecule has 0 amide bonds. The first kappa shape index (κ1) is 19.8. The fourth-order valence-electron chi connectivity index (χ4n) is 2.66. The summed E-state index contributed by atoms with van der Waals surface area (Å²) in [5, 5.41) is 4.56. The Kier molecular flexibility index (Phi) is 6.20. The van der Waals surface area contributed by atoms with Crippen LogP contribution >= 0.6 is 0 Å². The predicted octanol–water partition coefficient (Wildman–Crippen LogP) is 1.37. The number of para-hydroxylation sites is 2. The largest absolute Gasteiger partial charge is 0.362 e. The van der Waals surface area contributed by atoms with Crippen LogP contribution in [-0.4, -0.2) is 0 Å². The van der Waals surface area contributed by atoms with E-state index in [1.807, 2.05) is 54.6 Å². The standard InChI is InChI=1S/C21H16NO.ClHO4/c1-3-9-16(10-4-1)21-15-19(22-17-11-5-2-6-12-17)18-13-7-8-14-20(18)23-21;2-1(3,4)5/h1-15,22H;(H,2,3,4,5)/q+1;/p-1. The predicted molar refractivity (Wildman–Crippen MR) is 95.8 cm³/mol. The third-order valence-electron chi connectivity index (χ3n) is 3.78. The topological polar surface area (TPSA) is 116 Å². The number of anilines is 2. The van der Waals surface area contributed by atoms with Crippen LogP contribution in [0.1, 0.15) is 0 Å². The Bertz CT molecular complexity index is 1030. The first-order valence-electron chi connectivity index (χ1n) is 8.25. The van der Waals surface area contributed by atoms with Crippen LogP contribution < -0.4 is 24.0 Å². The molecular formula is C21H16ClNO5. The molecule has 0 atom stereocenters. The third-order valence-corrected chi connectivity index (χ3v) is 3.78. The van der Waals surface area contributed by atoms with Crippen molar-refractivity contribution in [2.75, 3.05) is 5.32 Å². The zero-order valence-electron chi connectivity index (χ0n) is 14.6. The second-order valence-corrected chi connectivity index (χ2v) is 6.51. The van der Waals surface area contributed by atoms with Gasteiger partial charge in [0.25, 0.3) is 0 Å². The van der Waals surface area contributed by atoms with E-state index < -0.39 is 10.2 Å². The summed E-state index contributed by atoms with van der Waals surface area (Å²) in [4.78, 5) is 0. The molecule has 3 aromatic carbocycles. The number of benzene rings is 3. The molecule has 1 aromatic heterocycles. The Morgan fingerprint density at radius 1 is 0.679 bits per heavy atom. The van der Waals surface area contributed by atoms with Gasteiger partial charge in [0, 0.05) is 11.8 Å². The number of rotatable bonds is 3. The average molecular weight is 398 g/mol. The van der Waals surface area contributed by atoms with Crippen LogP contribution in [0.4, 0.5) is 11.4 Å². The van der Waals surface area contributed by atoms with E-state index in [1.54, 1.807) is 0 Å². The van der Waals surface area contributed by atoms with Gasteiger partial charge in [-0.3, -0.25) is 0 Å². The van der Waals surface area contributed by atoms with E-state index in [-0.39, 0.29) is 0 Å². The van der Waals surface area contributed by atoms with Crippen LogP contribution in [0, 0.1) is 10.2 Å². The lowest BCUT2D eigenvalue weighted by atomic mass is 10.1. The highest BCUT2D eigenvalue weighted by atomic mass is 35.7. The molecule has 0 spiro atoms. The minimum absolute atomic E-state index is 0.850.